The fourth-order valence-electron chi connectivity index (χ4n) is 2.32. The minimum absolute atomic E-state index is 0.0323. The molecule has 104 valence electrons. The zero-order valence-electron chi connectivity index (χ0n) is 11.3. The molecule has 0 saturated heterocycles. The number of hydrogen-bond donors (Lipinski definition) is 0. The lowest BCUT2D eigenvalue weighted by molar-refractivity contribution is -0.145. The van der Waals surface area contributed by atoms with E-state index in [0.717, 1.165) is 10.0 Å². The van der Waals surface area contributed by atoms with Crippen LogP contribution in [0.15, 0.2) is 28.7 Å². The molecule has 1 aliphatic rings. The Hall–Kier alpha value is -0.870. The van der Waals surface area contributed by atoms with Crippen molar-refractivity contribution in [2.75, 3.05) is 13.2 Å². The monoisotopic (exact) mass is 326 g/mol. The third kappa shape index (κ3) is 3.80. The molecular weight excluding hydrogens is 308 g/mol. The topological polar surface area (TPSA) is 35.5 Å². The average molecular weight is 327 g/mol. The molecule has 0 radical (unpaired) electrons. The van der Waals surface area contributed by atoms with Gasteiger partial charge in [-0.2, -0.15) is 0 Å². The van der Waals surface area contributed by atoms with Crippen LogP contribution in [0.4, 0.5) is 0 Å². The first kappa shape index (κ1) is 14.5. The van der Waals surface area contributed by atoms with Crippen LogP contribution in [0.3, 0.4) is 0 Å². The Morgan fingerprint density at radius 1 is 1.32 bits per heavy atom. The van der Waals surface area contributed by atoms with Gasteiger partial charge in [0, 0.05) is 4.47 Å². The van der Waals surface area contributed by atoms with Gasteiger partial charge in [-0.05, 0) is 36.5 Å². The van der Waals surface area contributed by atoms with Gasteiger partial charge in [0.25, 0.3) is 0 Å². The van der Waals surface area contributed by atoms with Gasteiger partial charge in [0.15, 0.2) is 0 Å². The molecule has 2 rings (SSSR count). The van der Waals surface area contributed by atoms with Crippen LogP contribution < -0.4 is 0 Å². The second-order valence-corrected chi connectivity index (χ2v) is 5.86. The normalized spacial score (nSPS) is 25.1. The van der Waals surface area contributed by atoms with Gasteiger partial charge in [0.2, 0.25) is 0 Å². The summed E-state index contributed by atoms with van der Waals surface area (Å²) in [7, 11) is 0. The molecule has 0 aromatic heterocycles. The van der Waals surface area contributed by atoms with Crippen molar-refractivity contribution in [2.24, 2.45) is 17.8 Å². The number of rotatable bonds is 6. The molecule has 3 unspecified atom stereocenters. The van der Waals surface area contributed by atoms with Gasteiger partial charge in [-0.1, -0.05) is 35.0 Å². The molecule has 1 aromatic carbocycles. The molecule has 0 bridgehead atoms. The van der Waals surface area contributed by atoms with Crippen LogP contribution in [0.5, 0.6) is 0 Å². The Kier molecular flexibility index (Phi) is 4.99. The lowest BCUT2D eigenvalue weighted by Crippen LogP contribution is -2.09. The van der Waals surface area contributed by atoms with Crippen LogP contribution in [0.25, 0.3) is 0 Å². The van der Waals surface area contributed by atoms with Crippen molar-refractivity contribution in [3.8, 4) is 0 Å². The highest BCUT2D eigenvalue weighted by Crippen LogP contribution is 2.46. The maximum absolute atomic E-state index is 11.6. The van der Waals surface area contributed by atoms with E-state index in [1.165, 1.54) is 0 Å². The molecule has 0 heterocycles. The molecule has 0 aliphatic heterocycles. The first-order valence-corrected chi connectivity index (χ1v) is 7.41. The molecule has 0 amide bonds. The van der Waals surface area contributed by atoms with Gasteiger partial charge in [0.1, 0.15) is 0 Å². The van der Waals surface area contributed by atoms with Gasteiger partial charge < -0.3 is 9.47 Å². The molecule has 1 aliphatic carbocycles. The lowest BCUT2D eigenvalue weighted by Gasteiger charge is -2.04. The predicted molar refractivity (Wildman–Crippen MR) is 76.6 cm³/mol. The zero-order chi connectivity index (χ0) is 13.8. The molecule has 1 aromatic rings. The molecule has 19 heavy (non-hydrogen) atoms. The third-order valence-electron chi connectivity index (χ3n) is 3.61. The largest absolute Gasteiger partial charge is 0.466 e. The van der Waals surface area contributed by atoms with E-state index in [1.807, 2.05) is 31.2 Å². The molecule has 3 nitrogen and oxygen atoms in total. The number of benzene rings is 1. The van der Waals surface area contributed by atoms with Gasteiger partial charge >= 0.3 is 5.97 Å². The highest BCUT2D eigenvalue weighted by atomic mass is 79.9. The summed E-state index contributed by atoms with van der Waals surface area (Å²) in [6.07, 6.45) is 0. The molecule has 1 saturated carbocycles. The molecule has 3 atom stereocenters. The highest BCUT2D eigenvalue weighted by molar-refractivity contribution is 9.10. The number of carbonyl (C=O) groups excluding carboxylic acids is 1. The van der Waals surface area contributed by atoms with Gasteiger partial charge in [-0.15, -0.1) is 0 Å². The van der Waals surface area contributed by atoms with Crippen LogP contribution in [0.1, 0.15) is 19.4 Å². The van der Waals surface area contributed by atoms with Crippen LogP contribution in [0, 0.1) is 17.8 Å². The van der Waals surface area contributed by atoms with Crippen molar-refractivity contribution in [1.29, 1.82) is 0 Å². The minimum Gasteiger partial charge on any atom is -0.466 e. The van der Waals surface area contributed by atoms with E-state index >= 15 is 0 Å². The van der Waals surface area contributed by atoms with Gasteiger partial charge in [-0.3, -0.25) is 4.79 Å². The first-order valence-electron chi connectivity index (χ1n) is 6.62. The number of carbonyl (C=O) groups is 1. The Morgan fingerprint density at radius 3 is 2.63 bits per heavy atom. The SMILES string of the molecule is CCOC(=O)C1C(C)C1COCc1ccc(Br)cc1. The number of esters is 1. The molecule has 0 spiro atoms. The van der Waals surface area contributed by atoms with Gasteiger partial charge in [0.05, 0.1) is 25.7 Å². The predicted octanol–water partition coefficient (Wildman–Crippen LogP) is 3.41. The summed E-state index contributed by atoms with van der Waals surface area (Å²) in [5, 5.41) is 0. The van der Waals surface area contributed by atoms with Crippen molar-refractivity contribution in [1.82, 2.24) is 0 Å². The Bertz CT molecular complexity index is 430. The van der Waals surface area contributed by atoms with E-state index in [0.29, 0.717) is 31.7 Å². The van der Waals surface area contributed by atoms with E-state index in [-0.39, 0.29) is 11.9 Å². The van der Waals surface area contributed by atoms with Crippen molar-refractivity contribution in [2.45, 2.75) is 20.5 Å². The second-order valence-electron chi connectivity index (χ2n) is 4.94. The number of halogens is 1. The fourth-order valence-corrected chi connectivity index (χ4v) is 2.59. The average Bonchev–Trinajstić information content (AvgIpc) is 3.03. The Balaban J connectivity index is 1.72. The smallest absolute Gasteiger partial charge is 0.309 e. The summed E-state index contributed by atoms with van der Waals surface area (Å²) < 4.78 is 11.8. The molecule has 1 fully saturated rings. The molecule has 4 heteroatoms. The second kappa shape index (κ2) is 6.53. The quantitative estimate of drug-likeness (QED) is 0.751. The van der Waals surface area contributed by atoms with Crippen molar-refractivity contribution in [3.63, 3.8) is 0 Å². The van der Waals surface area contributed by atoms with Crippen LogP contribution in [0.2, 0.25) is 0 Å². The van der Waals surface area contributed by atoms with Crippen molar-refractivity contribution >= 4 is 21.9 Å². The standard InChI is InChI=1S/C15H19BrO3/c1-3-19-15(17)14-10(2)13(14)9-18-8-11-4-6-12(16)7-5-11/h4-7,10,13-14H,3,8-9H2,1-2H3. The van der Waals surface area contributed by atoms with E-state index in [2.05, 4.69) is 22.9 Å². The van der Waals surface area contributed by atoms with E-state index in [9.17, 15) is 4.79 Å². The van der Waals surface area contributed by atoms with E-state index < -0.39 is 0 Å². The minimum atomic E-state index is -0.0766. The summed E-state index contributed by atoms with van der Waals surface area (Å²) in [5.41, 5.74) is 1.14. The number of hydrogen-bond acceptors (Lipinski definition) is 3. The Labute approximate surface area is 122 Å². The summed E-state index contributed by atoms with van der Waals surface area (Å²) in [5.74, 6) is 0.649. The zero-order valence-corrected chi connectivity index (χ0v) is 12.9. The maximum Gasteiger partial charge on any atom is 0.309 e. The highest BCUT2D eigenvalue weighted by Gasteiger charge is 2.52. The first-order chi connectivity index (χ1) is 9.13. The van der Waals surface area contributed by atoms with Crippen LogP contribution >= 0.6 is 15.9 Å². The summed E-state index contributed by atoms with van der Waals surface area (Å²) in [4.78, 5) is 11.6. The fraction of sp³-hybridized carbons (Fsp3) is 0.533. The number of ether oxygens (including phenoxy) is 2. The van der Waals surface area contributed by atoms with Crippen LogP contribution in [-0.2, 0) is 20.9 Å². The maximum atomic E-state index is 11.6. The van der Waals surface area contributed by atoms with E-state index in [4.69, 9.17) is 9.47 Å². The lowest BCUT2D eigenvalue weighted by atomic mass is 10.2. The summed E-state index contributed by atoms with van der Waals surface area (Å²) in [6, 6.07) is 8.06. The molecular formula is C15H19BrO3. The van der Waals surface area contributed by atoms with Crippen molar-refractivity contribution in [3.05, 3.63) is 34.3 Å². The van der Waals surface area contributed by atoms with E-state index in [1.54, 1.807) is 0 Å². The van der Waals surface area contributed by atoms with Crippen molar-refractivity contribution < 1.29 is 14.3 Å². The Morgan fingerprint density at radius 2 is 2.00 bits per heavy atom. The molecule has 0 N–H and O–H groups in total. The van der Waals surface area contributed by atoms with Crippen LogP contribution in [-0.4, -0.2) is 19.2 Å². The van der Waals surface area contributed by atoms with Gasteiger partial charge in [-0.25, -0.2) is 0 Å². The summed E-state index contributed by atoms with van der Waals surface area (Å²) >= 11 is 3.40. The summed E-state index contributed by atoms with van der Waals surface area (Å²) in [6.45, 7) is 5.58. The third-order valence-corrected chi connectivity index (χ3v) is 4.14.